The summed E-state index contributed by atoms with van der Waals surface area (Å²) in [5.74, 6) is -0.436. The number of fused-ring (bicyclic) bond motifs is 2. The van der Waals surface area contributed by atoms with Crippen LogP contribution < -0.4 is 0 Å². The molecule has 4 rings (SSSR count). The van der Waals surface area contributed by atoms with E-state index in [1.54, 1.807) is 0 Å². The van der Waals surface area contributed by atoms with Crippen molar-refractivity contribution in [2.24, 2.45) is 5.92 Å². The predicted molar refractivity (Wildman–Crippen MR) is 93.8 cm³/mol. The molecule has 5 atom stereocenters. The number of hydrogen-bond acceptors (Lipinski definition) is 5. The maximum absolute atomic E-state index is 9.77. The van der Waals surface area contributed by atoms with Crippen LogP contribution in [0.1, 0.15) is 11.1 Å². The summed E-state index contributed by atoms with van der Waals surface area (Å²) in [5, 5.41) is 9.77. The topological polar surface area (TPSA) is 60.7 Å². The standard InChI is InChI=1S/C21H21NO4/c22-11-17-19(23-12-15-7-3-1-4-8-15)18-14-25-21(26-18)20(17)24-13-16-9-5-2-6-10-16/h1-10,17-21H,12-14H2/t17-,18-,19+,20+,21-/m1/s1. The van der Waals surface area contributed by atoms with Crippen molar-refractivity contribution in [1.82, 2.24) is 0 Å². The summed E-state index contributed by atoms with van der Waals surface area (Å²) >= 11 is 0. The molecule has 5 heteroatoms. The van der Waals surface area contributed by atoms with E-state index in [2.05, 4.69) is 6.07 Å². The van der Waals surface area contributed by atoms with Gasteiger partial charge in [-0.3, -0.25) is 0 Å². The van der Waals surface area contributed by atoms with E-state index in [9.17, 15) is 5.26 Å². The maximum atomic E-state index is 9.77. The van der Waals surface area contributed by atoms with Crippen LogP contribution in [-0.4, -0.2) is 31.2 Å². The summed E-state index contributed by atoms with van der Waals surface area (Å²) in [5.41, 5.74) is 2.11. The molecule has 2 fully saturated rings. The first kappa shape index (κ1) is 17.2. The van der Waals surface area contributed by atoms with Crippen LogP contribution in [-0.2, 0) is 32.2 Å². The van der Waals surface area contributed by atoms with Crippen LogP contribution in [0.15, 0.2) is 60.7 Å². The summed E-state index contributed by atoms with van der Waals surface area (Å²) in [7, 11) is 0. The van der Waals surface area contributed by atoms with E-state index in [-0.39, 0.29) is 12.2 Å². The molecule has 2 bridgehead atoms. The Morgan fingerprint density at radius 1 is 0.885 bits per heavy atom. The van der Waals surface area contributed by atoms with Crippen molar-refractivity contribution in [3.05, 3.63) is 71.8 Å². The van der Waals surface area contributed by atoms with E-state index in [0.29, 0.717) is 19.8 Å². The first-order chi connectivity index (χ1) is 12.8. The van der Waals surface area contributed by atoms with Crippen LogP contribution in [0, 0.1) is 17.2 Å². The molecule has 0 aromatic heterocycles. The van der Waals surface area contributed by atoms with Gasteiger partial charge in [0, 0.05) is 0 Å². The smallest absolute Gasteiger partial charge is 0.185 e. The number of nitriles is 1. The lowest BCUT2D eigenvalue weighted by atomic mass is 9.91. The molecule has 0 N–H and O–H groups in total. The maximum Gasteiger partial charge on any atom is 0.185 e. The van der Waals surface area contributed by atoms with E-state index in [4.69, 9.17) is 18.9 Å². The third kappa shape index (κ3) is 3.64. The average Bonchev–Trinajstić information content (AvgIpc) is 3.13. The summed E-state index contributed by atoms with van der Waals surface area (Å²) in [6.07, 6.45) is -1.59. The molecule has 134 valence electrons. The van der Waals surface area contributed by atoms with Crippen LogP contribution >= 0.6 is 0 Å². The molecule has 2 aromatic rings. The first-order valence-corrected chi connectivity index (χ1v) is 8.83. The zero-order valence-corrected chi connectivity index (χ0v) is 14.4. The number of hydrogen-bond donors (Lipinski definition) is 0. The molecule has 0 spiro atoms. The molecule has 2 saturated heterocycles. The monoisotopic (exact) mass is 351 g/mol. The Morgan fingerprint density at radius 2 is 1.46 bits per heavy atom. The van der Waals surface area contributed by atoms with Gasteiger partial charge in [0.1, 0.15) is 24.2 Å². The highest BCUT2D eigenvalue weighted by atomic mass is 16.8. The van der Waals surface area contributed by atoms with Crippen molar-refractivity contribution in [3.8, 4) is 6.07 Å². The van der Waals surface area contributed by atoms with Gasteiger partial charge >= 0.3 is 0 Å². The van der Waals surface area contributed by atoms with Gasteiger partial charge in [0.2, 0.25) is 0 Å². The van der Waals surface area contributed by atoms with Gasteiger partial charge < -0.3 is 18.9 Å². The van der Waals surface area contributed by atoms with Crippen molar-refractivity contribution in [2.45, 2.75) is 37.8 Å². The molecular weight excluding hydrogens is 330 g/mol. The van der Waals surface area contributed by atoms with Crippen molar-refractivity contribution < 1.29 is 18.9 Å². The molecule has 0 aliphatic carbocycles. The average molecular weight is 351 g/mol. The fourth-order valence-electron chi connectivity index (χ4n) is 3.45. The lowest BCUT2D eigenvalue weighted by Gasteiger charge is -2.37. The SMILES string of the molecule is N#C[C@H]1[C@H](OCc2ccccc2)[C@@H]2OC[C@@H](O2)[C@H]1OCc1ccccc1. The number of rotatable bonds is 6. The van der Waals surface area contributed by atoms with Crippen LogP contribution in [0.5, 0.6) is 0 Å². The van der Waals surface area contributed by atoms with Gasteiger partial charge in [-0.1, -0.05) is 60.7 Å². The lowest BCUT2D eigenvalue weighted by molar-refractivity contribution is -0.227. The van der Waals surface area contributed by atoms with Crippen molar-refractivity contribution in [3.63, 3.8) is 0 Å². The van der Waals surface area contributed by atoms with Crippen LogP contribution in [0.2, 0.25) is 0 Å². The van der Waals surface area contributed by atoms with Gasteiger partial charge in [-0.2, -0.15) is 5.26 Å². The second kappa shape index (κ2) is 7.98. The quantitative estimate of drug-likeness (QED) is 0.800. The van der Waals surface area contributed by atoms with Gasteiger partial charge in [0.25, 0.3) is 0 Å². The second-order valence-electron chi connectivity index (χ2n) is 6.55. The Balaban J connectivity index is 1.45. The zero-order chi connectivity index (χ0) is 17.8. The second-order valence-corrected chi connectivity index (χ2v) is 6.55. The van der Waals surface area contributed by atoms with Gasteiger partial charge in [0.15, 0.2) is 6.29 Å². The minimum absolute atomic E-state index is 0.232. The van der Waals surface area contributed by atoms with Gasteiger partial charge in [-0.25, -0.2) is 0 Å². The Hall–Kier alpha value is -2.23. The van der Waals surface area contributed by atoms with Crippen LogP contribution in [0.25, 0.3) is 0 Å². The van der Waals surface area contributed by atoms with E-state index < -0.39 is 18.3 Å². The Kier molecular flexibility index (Phi) is 5.28. The predicted octanol–water partition coefficient (Wildman–Crippen LogP) is 3.05. The van der Waals surface area contributed by atoms with Gasteiger partial charge in [-0.05, 0) is 11.1 Å². The molecule has 26 heavy (non-hydrogen) atoms. The van der Waals surface area contributed by atoms with Gasteiger partial charge in [-0.15, -0.1) is 0 Å². The minimum atomic E-state index is -0.509. The third-order valence-corrected chi connectivity index (χ3v) is 4.80. The summed E-state index contributed by atoms with van der Waals surface area (Å²) < 4.78 is 23.7. The molecule has 2 aromatic carbocycles. The molecule has 0 saturated carbocycles. The minimum Gasteiger partial charge on any atom is -0.369 e. The largest absolute Gasteiger partial charge is 0.369 e. The summed E-state index contributed by atoms with van der Waals surface area (Å²) in [6.45, 7) is 1.26. The Morgan fingerprint density at radius 3 is 2.04 bits per heavy atom. The first-order valence-electron chi connectivity index (χ1n) is 8.83. The third-order valence-electron chi connectivity index (χ3n) is 4.80. The highest BCUT2D eigenvalue weighted by Gasteiger charge is 2.52. The number of benzene rings is 2. The van der Waals surface area contributed by atoms with Crippen molar-refractivity contribution in [1.29, 1.82) is 5.26 Å². The molecule has 0 radical (unpaired) electrons. The molecule has 2 heterocycles. The van der Waals surface area contributed by atoms with E-state index in [0.717, 1.165) is 11.1 Å². The number of nitrogens with zero attached hydrogens (tertiary/aromatic N) is 1. The van der Waals surface area contributed by atoms with E-state index in [1.807, 2.05) is 60.7 Å². The summed E-state index contributed by atoms with van der Waals surface area (Å²) in [6, 6.07) is 22.2. The van der Waals surface area contributed by atoms with Gasteiger partial charge in [0.05, 0.1) is 25.9 Å². The fraction of sp³-hybridized carbons (Fsp3) is 0.381. The highest BCUT2D eigenvalue weighted by molar-refractivity contribution is 5.15. The number of ether oxygens (including phenoxy) is 4. The normalized spacial score (nSPS) is 30.0. The fourth-order valence-corrected chi connectivity index (χ4v) is 3.45. The molecular formula is C21H21NO4. The Labute approximate surface area is 153 Å². The molecule has 2 aliphatic rings. The molecule has 0 unspecified atom stereocenters. The zero-order valence-electron chi connectivity index (χ0n) is 14.4. The summed E-state index contributed by atoms with van der Waals surface area (Å²) in [4.78, 5) is 0. The molecule has 2 aliphatic heterocycles. The Bertz CT molecular complexity index is 688. The van der Waals surface area contributed by atoms with E-state index >= 15 is 0 Å². The van der Waals surface area contributed by atoms with Crippen molar-refractivity contribution >= 4 is 0 Å². The van der Waals surface area contributed by atoms with Crippen LogP contribution in [0.3, 0.4) is 0 Å². The van der Waals surface area contributed by atoms with E-state index in [1.165, 1.54) is 0 Å². The molecule has 5 nitrogen and oxygen atoms in total. The molecule has 0 amide bonds. The lowest BCUT2D eigenvalue weighted by Crippen LogP contribution is -2.51. The highest BCUT2D eigenvalue weighted by Crippen LogP contribution is 2.36. The van der Waals surface area contributed by atoms with Crippen molar-refractivity contribution in [2.75, 3.05) is 6.61 Å². The van der Waals surface area contributed by atoms with Crippen LogP contribution in [0.4, 0.5) is 0 Å².